The van der Waals surface area contributed by atoms with Crippen molar-refractivity contribution in [3.8, 4) is 46.4 Å². The molecule has 3 aromatic heterocycles. The van der Waals surface area contributed by atoms with Gasteiger partial charge >= 0.3 is 0 Å². The number of rotatable bonds is 14. The molecule has 430 valence electrons. The minimum Gasteiger partial charge on any atom is -0.486 e. The summed E-state index contributed by atoms with van der Waals surface area (Å²) >= 11 is 0. The maximum Gasteiger partial charge on any atom is 0.276 e. The quantitative estimate of drug-likeness (QED) is 0.0798. The maximum atomic E-state index is 15.2. The van der Waals surface area contributed by atoms with Gasteiger partial charge in [-0.25, -0.2) is 28.7 Å². The molecular weight excluding hydrogens is 1060 g/mol. The Morgan fingerprint density at radius 1 is 0.735 bits per heavy atom. The molecule has 0 spiro atoms. The summed E-state index contributed by atoms with van der Waals surface area (Å²) < 4.78 is 43.2. The number of aryl methyl sites for hydroxylation is 2. The van der Waals surface area contributed by atoms with Gasteiger partial charge in [0.25, 0.3) is 11.8 Å². The van der Waals surface area contributed by atoms with Crippen LogP contribution in [-0.4, -0.2) is 149 Å². The lowest BCUT2D eigenvalue weighted by atomic mass is 9.87. The van der Waals surface area contributed by atoms with E-state index in [2.05, 4.69) is 90.1 Å². The van der Waals surface area contributed by atoms with E-state index >= 15 is 4.39 Å². The molecule has 3 aliphatic rings. The first-order valence-electron chi connectivity index (χ1n) is 27.5. The number of nitrogens with zero attached hydrogens (tertiary/aromatic N) is 12. The fraction of sp³-hybridized carbons (Fsp3) is 0.377. The molecule has 7 aromatic rings. The third-order valence-corrected chi connectivity index (χ3v) is 14.9. The number of likely N-dealkylation sites (tertiary alicyclic amines) is 3. The summed E-state index contributed by atoms with van der Waals surface area (Å²) in [5, 5.41) is 53.6. The molecular formula is C61H66F2N14O6. The Balaban J connectivity index is 0.000000203. The number of ether oxygens (including phenoxy) is 2. The molecule has 4 aromatic carbocycles. The maximum absolute atomic E-state index is 15.2. The number of nitriles is 2. The summed E-state index contributed by atoms with van der Waals surface area (Å²) in [4.78, 5) is 47.7. The Hall–Kier alpha value is -8.96. The van der Waals surface area contributed by atoms with Gasteiger partial charge in [0.2, 0.25) is 0 Å². The molecule has 20 nitrogen and oxygen atoms in total. The normalized spacial score (nSPS) is 18.8. The third kappa shape index (κ3) is 14.6. The van der Waals surface area contributed by atoms with Crippen LogP contribution in [-0.2, 0) is 17.4 Å². The summed E-state index contributed by atoms with van der Waals surface area (Å²) in [7, 11) is 3.84. The molecule has 0 unspecified atom stereocenters. The number of piperidine rings is 3. The van der Waals surface area contributed by atoms with E-state index in [9.17, 15) is 34.7 Å². The van der Waals surface area contributed by atoms with E-state index in [0.29, 0.717) is 46.9 Å². The number of aromatic nitrogens is 7. The van der Waals surface area contributed by atoms with Crippen LogP contribution in [0.4, 0.5) is 31.8 Å². The number of aliphatic hydroxyl groups is 2. The van der Waals surface area contributed by atoms with Crippen LogP contribution in [0.2, 0.25) is 0 Å². The zero-order valence-electron chi connectivity index (χ0n) is 47.1. The molecule has 2 amide bonds. The average molecular weight is 1130 g/mol. The molecule has 0 aliphatic carbocycles. The van der Waals surface area contributed by atoms with Gasteiger partial charge in [0.1, 0.15) is 53.6 Å². The Morgan fingerprint density at radius 3 is 1.80 bits per heavy atom. The number of halogens is 2. The van der Waals surface area contributed by atoms with Gasteiger partial charge < -0.3 is 45.0 Å². The summed E-state index contributed by atoms with van der Waals surface area (Å²) in [6, 6.07) is 31.5. The van der Waals surface area contributed by atoms with Crippen molar-refractivity contribution in [3.05, 3.63) is 143 Å². The first kappa shape index (κ1) is 58.7. The van der Waals surface area contributed by atoms with E-state index in [-0.39, 0.29) is 66.7 Å². The highest BCUT2D eigenvalue weighted by Crippen LogP contribution is 2.34. The molecule has 6 heterocycles. The number of carbonyl (C=O) groups excluding carboxylic acids is 2. The zero-order chi connectivity index (χ0) is 59.0. The Morgan fingerprint density at radius 2 is 1.29 bits per heavy atom. The van der Waals surface area contributed by atoms with Gasteiger partial charge in [-0.15, -0.1) is 5.10 Å². The van der Waals surface area contributed by atoms with Crippen molar-refractivity contribution in [2.75, 3.05) is 56.9 Å². The molecule has 0 bridgehead atoms. The monoisotopic (exact) mass is 1130 g/mol. The second kappa shape index (κ2) is 25.9. The van der Waals surface area contributed by atoms with Gasteiger partial charge in [-0.1, -0.05) is 23.4 Å². The smallest absolute Gasteiger partial charge is 0.276 e. The number of carbonyl (C=O) groups is 2. The predicted octanol–water partition coefficient (Wildman–Crippen LogP) is 8.32. The average Bonchev–Trinajstić information content (AvgIpc) is 4.04. The minimum atomic E-state index is -1.46. The number of benzene rings is 4. The van der Waals surface area contributed by atoms with E-state index in [0.717, 1.165) is 30.0 Å². The van der Waals surface area contributed by atoms with Gasteiger partial charge in [-0.2, -0.15) is 10.5 Å². The van der Waals surface area contributed by atoms with Crippen molar-refractivity contribution >= 4 is 34.8 Å². The number of hydrogen-bond acceptors (Lipinski definition) is 17. The highest BCUT2D eigenvalue weighted by Gasteiger charge is 2.36. The van der Waals surface area contributed by atoms with E-state index in [1.54, 1.807) is 81.8 Å². The summed E-state index contributed by atoms with van der Waals surface area (Å²) in [6.45, 7) is 9.42. The van der Waals surface area contributed by atoms with Crippen LogP contribution >= 0.6 is 0 Å². The fourth-order valence-corrected chi connectivity index (χ4v) is 10.3. The standard InChI is InChI=1S/C33H36FN9O2.C28H30FN5O4/c1-21-16-25(5-6-26(21)22-9-13-41(2)14-10-22)37-31-8-12-36-32(38-31)23-4-7-29(24(17-23)18-35)45-30-11-15-43(19-27(30)34)33(44)28-20-42(3)40-39-28;1-17(35)27(36)34-12-10-24(22(29)16-34)38-23-8-7-18(13-19(23)15-30)26-31-11-9-25(33-26)32-21-6-4-5-20(14-21)28(2,3)37/h4-8,12,16-17,20,22,27,30H,9-11,13-15,19H2,1-3H3,(H,36,37,38);4-9,11,13-14,17,22,24,35,37H,10,12,16H2,1-3H3,(H,31,32,33)/t27-,30+;17-,22+,24-/m10/s1. The number of alkyl halides is 2. The molecule has 4 N–H and O–H groups in total. The Bertz CT molecular complexity index is 3540. The second-order valence-corrected chi connectivity index (χ2v) is 21.6. The van der Waals surface area contributed by atoms with E-state index in [1.165, 1.54) is 51.6 Å². The molecule has 3 saturated heterocycles. The topological polar surface area (TPSA) is 257 Å². The Labute approximate surface area is 480 Å². The Kier molecular flexibility index (Phi) is 18.3. The molecule has 22 heteroatoms. The van der Waals surface area contributed by atoms with Crippen LogP contribution < -0.4 is 20.1 Å². The van der Waals surface area contributed by atoms with Crippen LogP contribution in [0, 0.1) is 29.6 Å². The molecule has 3 aliphatic heterocycles. The molecule has 5 atom stereocenters. The zero-order valence-corrected chi connectivity index (χ0v) is 47.1. The van der Waals surface area contributed by atoms with Crippen LogP contribution in [0.3, 0.4) is 0 Å². The lowest BCUT2D eigenvalue weighted by molar-refractivity contribution is -0.143. The van der Waals surface area contributed by atoms with Crippen LogP contribution in [0.25, 0.3) is 22.8 Å². The largest absolute Gasteiger partial charge is 0.486 e. The van der Waals surface area contributed by atoms with Gasteiger partial charge in [0.05, 0.1) is 36.0 Å². The first-order valence-corrected chi connectivity index (χ1v) is 27.5. The van der Waals surface area contributed by atoms with Gasteiger partial charge in [-0.05, 0) is 156 Å². The predicted molar refractivity (Wildman–Crippen MR) is 306 cm³/mol. The lowest BCUT2D eigenvalue weighted by Crippen LogP contribution is -2.51. The van der Waals surface area contributed by atoms with Gasteiger partial charge in [-0.3, -0.25) is 14.3 Å². The minimum absolute atomic E-state index is 0.131. The number of hydrogen-bond donors (Lipinski definition) is 4. The van der Waals surface area contributed by atoms with Crippen molar-refractivity contribution < 1.29 is 38.1 Å². The molecule has 3 fully saturated rings. The summed E-state index contributed by atoms with van der Waals surface area (Å²) in [5.41, 5.74) is 5.97. The summed E-state index contributed by atoms with van der Waals surface area (Å²) in [5.74, 6) is 2.19. The second-order valence-electron chi connectivity index (χ2n) is 21.6. The first-order chi connectivity index (χ1) is 39.8. The molecule has 0 saturated carbocycles. The highest BCUT2D eigenvalue weighted by atomic mass is 19.1. The van der Waals surface area contributed by atoms with Crippen molar-refractivity contribution in [1.29, 1.82) is 10.5 Å². The van der Waals surface area contributed by atoms with Crippen molar-refractivity contribution in [3.63, 3.8) is 0 Å². The van der Waals surface area contributed by atoms with E-state index in [1.807, 2.05) is 24.3 Å². The van der Waals surface area contributed by atoms with E-state index in [4.69, 9.17) is 9.47 Å². The van der Waals surface area contributed by atoms with Crippen molar-refractivity contribution in [1.82, 2.24) is 49.6 Å². The molecule has 10 rings (SSSR count). The summed E-state index contributed by atoms with van der Waals surface area (Å²) in [6.07, 6.45) is 1.92. The van der Waals surface area contributed by atoms with E-state index < -0.39 is 42.2 Å². The van der Waals surface area contributed by atoms with Crippen molar-refractivity contribution in [2.24, 2.45) is 7.05 Å². The van der Waals surface area contributed by atoms with Crippen LogP contribution in [0.5, 0.6) is 11.5 Å². The third-order valence-electron chi connectivity index (χ3n) is 14.9. The van der Waals surface area contributed by atoms with Gasteiger partial charge in [0, 0.05) is 67.9 Å². The number of amides is 2. The highest BCUT2D eigenvalue weighted by molar-refractivity contribution is 5.92. The molecule has 0 radical (unpaired) electrons. The van der Waals surface area contributed by atoms with Crippen LogP contribution in [0.15, 0.2) is 110 Å². The number of anilines is 4. The lowest BCUT2D eigenvalue weighted by Gasteiger charge is -2.35. The SMILES string of the molecule is C[C@H](O)C(=O)N1CC[C@H](Oc2ccc(-c3nccc(Nc4cccc(C(C)(C)O)c4)n3)cc2C#N)[C@H](F)C1.Cc1cc(Nc2ccnc(-c3ccc(O[C@H]4CCN(C(=O)c5cn(C)nn5)C[C@H]4F)c(C#N)c3)n2)ccc1C1CCN(C)CC1. The number of aliphatic hydroxyl groups excluding tert-OH is 1. The van der Waals surface area contributed by atoms with Gasteiger partial charge in [0.15, 0.2) is 29.7 Å². The number of nitrogens with one attached hydrogen (secondary N) is 2. The van der Waals surface area contributed by atoms with Crippen LogP contribution in [0.1, 0.15) is 90.7 Å². The fourth-order valence-electron chi connectivity index (χ4n) is 10.3. The molecule has 83 heavy (non-hydrogen) atoms. The van der Waals surface area contributed by atoms with Crippen molar-refractivity contribution in [2.45, 2.75) is 95.6 Å².